The molecule has 0 unspecified atom stereocenters. The van der Waals surface area contributed by atoms with E-state index in [2.05, 4.69) is 0 Å². The normalized spacial score (nSPS) is 14.9. The zero-order valence-electron chi connectivity index (χ0n) is 24.4. The Bertz CT molecular complexity index is 2650. The number of imide groups is 2. The van der Waals surface area contributed by atoms with Gasteiger partial charge in [-0.25, -0.2) is 9.80 Å². The molecule has 2 aliphatic rings. The molecule has 0 aromatic heterocycles. The number of hydrogen-bond acceptors (Lipinski definition) is 6. The molecule has 0 aliphatic carbocycles. The number of carbonyl (C=O) groups excluding carboxylic acids is 4. The highest BCUT2D eigenvalue weighted by molar-refractivity contribution is 7.85. The molecule has 9 rings (SSSR count). The van der Waals surface area contributed by atoms with Crippen molar-refractivity contribution < 1.29 is 32.1 Å². The number of nitrogens with zero attached hydrogens (tertiary/aromatic N) is 2. The summed E-state index contributed by atoms with van der Waals surface area (Å²) < 4.78 is 33.2. The molecule has 0 saturated carbocycles. The third-order valence-corrected chi connectivity index (χ3v) is 10.1. The minimum Gasteiger partial charge on any atom is -0.282 e. The van der Waals surface area contributed by atoms with Crippen LogP contribution in [0.4, 0.5) is 11.4 Å². The lowest BCUT2D eigenvalue weighted by atomic mass is 9.82. The monoisotopic (exact) mass is 636 g/mol. The van der Waals surface area contributed by atoms with Gasteiger partial charge in [0.15, 0.2) is 0 Å². The number of aryl methyl sites for hydroxylation is 1. The molecule has 7 aromatic rings. The van der Waals surface area contributed by atoms with Gasteiger partial charge in [-0.2, -0.15) is 8.42 Å². The van der Waals surface area contributed by atoms with Crippen LogP contribution < -0.4 is 9.80 Å². The van der Waals surface area contributed by atoms with Crippen LogP contribution in [0.1, 0.15) is 47.0 Å². The molecule has 0 fully saturated rings. The van der Waals surface area contributed by atoms with E-state index >= 15 is 0 Å². The highest BCUT2D eigenvalue weighted by Gasteiger charge is 2.38. The SMILES string of the molecule is Cc1cccc(N2C(=O)c3ccc4c5ccc6c7c(ccc(c8ccc(c3c48)C2=O)c75)C(=O)N(c2cccc(S(=O)(=O)O)c2)C6=O)c1. The van der Waals surface area contributed by atoms with Crippen LogP contribution in [-0.4, -0.2) is 36.6 Å². The first-order chi connectivity index (χ1) is 22.5. The van der Waals surface area contributed by atoms with Gasteiger partial charge in [0.05, 0.1) is 16.3 Å². The Morgan fingerprint density at radius 1 is 0.489 bits per heavy atom. The maximum atomic E-state index is 13.9. The Morgan fingerprint density at radius 2 is 0.872 bits per heavy atom. The van der Waals surface area contributed by atoms with E-state index < -0.39 is 38.6 Å². The maximum absolute atomic E-state index is 13.9. The van der Waals surface area contributed by atoms with Crippen LogP contribution in [0.15, 0.2) is 102 Å². The van der Waals surface area contributed by atoms with Crippen molar-refractivity contribution in [3.63, 3.8) is 0 Å². The van der Waals surface area contributed by atoms with Gasteiger partial charge >= 0.3 is 0 Å². The predicted molar refractivity (Wildman–Crippen MR) is 177 cm³/mol. The fourth-order valence-electron chi connectivity index (χ4n) is 7.29. The number of carbonyl (C=O) groups is 4. The van der Waals surface area contributed by atoms with Gasteiger partial charge in [-0.15, -0.1) is 0 Å². The van der Waals surface area contributed by atoms with E-state index in [1.807, 2.05) is 25.1 Å². The summed E-state index contributed by atoms with van der Waals surface area (Å²) in [7, 11) is -4.58. The molecule has 226 valence electrons. The van der Waals surface area contributed by atoms with Crippen molar-refractivity contribution in [1.29, 1.82) is 0 Å². The Hall–Kier alpha value is -5.97. The molecular formula is C37H20N2O7S. The van der Waals surface area contributed by atoms with E-state index in [4.69, 9.17) is 0 Å². The first-order valence-electron chi connectivity index (χ1n) is 14.7. The number of anilines is 2. The molecule has 47 heavy (non-hydrogen) atoms. The average molecular weight is 637 g/mol. The molecule has 10 heteroatoms. The zero-order valence-corrected chi connectivity index (χ0v) is 25.3. The van der Waals surface area contributed by atoms with Gasteiger partial charge in [0.25, 0.3) is 33.7 Å². The minimum absolute atomic E-state index is 0.00726. The Labute approximate surface area is 266 Å². The smallest absolute Gasteiger partial charge is 0.282 e. The molecule has 0 atom stereocenters. The lowest BCUT2D eigenvalue weighted by molar-refractivity contribution is 0.0877. The summed E-state index contributed by atoms with van der Waals surface area (Å²) in [5.74, 6) is -2.10. The standard InChI is InChI=1S/C37H20N2O7S/c1-18-4-2-5-19(16-18)38-34(40)26-12-8-22-24-10-14-28-33-29(37(43)39(36(28)42)20-6-3-7-21(17-20)47(44,45)46)15-11-25(31(24)33)23-9-13-27(35(38)41)32(26)30(22)23/h2-17H,1H3,(H,44,45,46). The summed E-state index contributed by atoms with van der Waals surface area (Å²) in [6.07, 6.45) is 0. The van der Waals surface area contributed by atoms with Crippen LogP contribution in [0.3, 0.4) is 0 Å². The van der Waals surface area contributed by atoms with Crippen molar-refractivity contribution in [1.82, 2.24) is 0 Å². The first-order valence-corrected chi connectivity index (χ1v) is 16.1. The van der Waals surface area contributed by atoms with Crippen LogP contribution in [0.5, 0.6) is 0 Å². The largest absolute Gasteiger partial charge is 0.294 e. The van der Waals surface area contributed by atoms with E-state index in [0.29, 0.717) is 33.0 Å². The fourth-order valence-corrected chi connectivity index (χ4v) is 7.81. The van der Waals surface area contributed by atoms with Crippen LogP contribution >= 0.6 is 0 Å². The van der Waals surface area contributed by atoms with Crippen molar-refractivity contribution in [2.24, 2.45) is 0 Å². The average Bonchev–Trinajstić information content (AvgIpc) is 3.05. The van der Waals surface area contributed by atoms with E-state index in [-0.39, 0.29) is 16.8 Å². The van der Waals surface area contributed by atoms with Crippen LogP contribution in [0.25, 0.3) is 43.1 Å². The Balaban J connectivity index is 1.29. The number of hydrogen-bond donors (Lipinski definition) is 1. The molecular weight excluding hydrogens is 616 g/mol. The number of amides is 4. The Kier molecular flexibility index (Phi) is 5.27. The number of benzene rings is 7. The number of rotatable bonds is 3. The molecule has 0 radical (unpaired) electrons. The minimum atomic E-state index is -4.58. The van der Waals surface area contributed by atoms with Crippen molar-refractivity contribution in [3.8, 4) is 0 Å². The van der Waals surface area contributed by atoms with Crippen molar-refractivity contribution >= 4 is 88.2 Å². The molecule has 0 spiro atoms. The molecule has 7 aromatic carbocycles. The van der Waals surface area contributed by atoms with Crippen LogP contribution in [-0.2, 0) is 10.1 Å². The highest BCUT2D eigenvalue weighted by atomic mass is 32.2. The second-order valence-electron chi connectivity index (χ2n) is 11.8. The molecule has 4 amide bonds. The summed E-state index contributed by atoms with van der Waals surface area (Å²) in [6.45, 7) is 1.90. The van der Waals surface area contributed by atoms with Crippen molar-refractivity contribution in [2.75, 3.05) is 9.80 Å². The Morgan fingerprint density at radius 3 is 1.26 bits per heavy atom. The molecule has 2 heterocycles. The first kappa shape index (κ1) is 27.3. The van der Waals surface area contributed by atoms with Crippen molar-refractivity contribution in [2.45, 2.75) is 11.8 Å². The third kappa shape index (κ3) is 3.53. The van der Waals surface area contributed by atoms with Gasteiger partial charge in [-0.1, -0.05) is 42.5 Å². The highest BCUT2D eigenvalue weighted by Crippen LogP contribution is 2.47. The zero-order chi connectivity index (χ0) is 32.5. The fraction of sp³-hybridized carbons (Fsp3) is 0.0270. The summed E-state index contributed by atoms with van der Waals surface area (Å²) in [5, 5.41) is 5.51. The third-order valence-electron chi connectivity index (χ3n) is 9.27. The van der Waals surface area contributed by atoms with Gasteiger partial charge in [0, 0.05) is 33.0 Å². The van der Waals surface area contributed by atoms with Crippen molar-refractivity contribution in [3.05, 3.63) is 125 Å². The van der Waals surface area contributed by atoms with E-state index in [1.165, 1.54) is 23.1 Å². The van der Waals surface area contributed by atoms with Gasteiger partial charge in [-0.3, -0.25) is 23.7 Å². The van der Waals surface area contributed by atoms with Gasteiger partial charge in [0.1, 0.15) is 0 Å². The number of fused-ring (bicyclic) bond motifs is 2. The second kappa shape index (κ2) is 9.06. The maximum Gasteiger partial charge on any atom is 0.294 e. The second-order valence-corrected chi connectivity index (χ2v) is 13.3. The van der Waals surface area contributed by atoms with Gasteiger partial charge in [0.2, 0.25) is 0 Å². The molecule has 0 bridgehead atoms. The summed E-state index contributed by atoms with van der Waals surface area (Å²) >= 11 is 0. The summed E-state index contributed by atoms with van der Waals surface area (Å²) in [6, 6.07) is 26.3. The molecule has 1 N–H and O–H groups in total. The van der Waals surface area contributed by atoms with E-state index in [1.54, 1.807) is 54.6 Å². The lowest BCUT2D eigenvalue weighted by Crippen LogP contribution is -2.40. The quantitative estimate of drug-likeness (QED) is 0.0967. The molecule has 9 nitrogen and oxygen atoms in total. The predicted octanol–water partition coefficient (Wildman–Crippen LogP) is 6.89. The van der Waals surface area contributed by atoms with E-state index in [9.17, 15) is 32.1 Å². The summed E-state index contributed by atoms with van der Waals surface area (Å²) in [4.78, 5) is 57.3. The summed E-state index contributed by atoms with van der Waals surface area (Å²) in [5.41, 5.74) is 2.75. The lowest BCUT2D eigenvalue weighted by Gasteiger charge is -2.30. The topological polar surface area (TPSA) is 129 Å². The van der Waals surface area contributed by atoms with Gasteiger partial charge < -0.3 is 0 Å². The van der Waals surface area contributed by atoms with E-state index in [0.717, 1.165) is 43.5 Å². The van der Waals surface area contributed by atoms with Crippen LogP contribution in [0, 0.1) is 6.92 Å². The van der Waals surface area contributed by atoms with Gasteiger partial charge in [-0.05, 0) is 99.4 Å². The molecule has 2 aliphatic heterocycles. The van der Waals surface area contributed by atoms with Crippen LogP contribution in [0.2, 0.25) is 0 Å². The molecule has 0 saturated heterocycles.